The van der Waals surface area contributed by atoms with Crippen molar-refractivity contribution in [3.05, 3.63) is 22.2 Å². The number of halogens is 3. The third kappa shape index (κ3) is 1.81. The molecule has 0 saturated heterocycles. The van der Waals surface area contributed by atoms with Crippen LogP contribution in [0.1, 0.15) is 5.69 Å². The van der Waals surface area contributed by atoms with E-state index in [1.165, 1.54) is 6.20 Å². The predicted octanol–water partition coefficient (Wildman–Crippen LogP) is 2.68. The Morgan fingerprint density at radius 2 is 2.20 bits per heavy atom. The van der Waals surface area contributed by atoms with Gasteiger partial charge < -0.3 is 0 Å². The van der Waals surface area contributed by atoms with Crippen molar-refractivity contribution >= 4 is 39.1 Å². The summed E-state index contributed by atoms with van der Waals surface area (Å²) >= 11 is 14.3. The third-order valence-corrected chi connectivity index (χ3v) is 1.91. The zero-order valence-corrected chi connectivity index (χ0v) is 7.91. The minimum Gasteiger partial charge on any atom is -0.254 e. The Hall–Kier alpha value is 0.140. The van der Waals surface area contributed by atoms with Crippen LogP contribution in [0.15, 0.2) is 6.20 Å². The van der Waals surface area contributed by atoms with E-state index in [0.717, 1.165) is 0 Å². The molecule has 0 aromatic carbocycles. The van der Waals surface area contributed by atoms with Crippen LogP contribution in [0, 0.1) is 0 Å². The van der Waals surface area contributed by atoms with E-state index in [-0.39, 0.29) is 0 Å². The van der Waals surface area contributed by atoms with Crippen molar-refractivity contribution in [1.29, 1.82) is 0 Å². The molecule has 54 valence electrons. The van der Waals surface area contributed by atoms with Gasteiger partial charge in [0.2, 0.25) is 0 Å². The Morgan fingerprint density at radius 3 is 2.70 bits per heavy atom. The summed E-state index contributed by atoms with van der Waals surface area (Å²) in [6.45, 7) is 0. The van der Waals surface area contributed by atoms with E-state index >= 15 is 0 Å². The summed E-state index contributed by atoms with van der Waals surface area (Å²) in [7, 11) is 0. The Labute approximate surface area is 76.7 Å². The van der Waals surface area contributed by atoms with Gasteiger partial charge in [-0.25, -0.2) is 4.98 Å². The van der Waals surface area contributed by atoms with Crippen LogP contribution >= 0.6 is 39.1 Å². The first-order chi connectivity index (χ1) is 4.74. The predicted molar refractivity (Wildman–Crippen MR) is 44.7 cm³/mol. The minimum atomic E-state index is 0.315. The Kier molecular flexibility index (Phi) is 2.89. The van der Waals surface area contributed by atoms with Crippen LogP contribution in [-0.4, -0.2) is 9.97 Å². The molecule has 0 aliphatic heterocycles. The van der Waals surface area contributed by atoms with E-state index in [0.29, 0.717) is 21.3 Å². The second-order valence-corrected chi connectivity index (χ2v) is 2.87. The molecule has 0 N–H and O–H groups in total. The van der Waals surface area contributed by atoms with Gasteiger partial charge in [-0.2, -0.15) is 0 Å². The molecule has 0 bridgehead atoms. The summed E-state index contributed by atoms with van der Waals surface area (Å²) in [6, 6.07) is 0. The van der Waals surface area contributed by atoms with Gasteiger partial charge in [0.05, 0.1) is 11.9 Å². The average Bonchev–Trinajstić information content (AvgIpc) is 1.88. The van der Waals surface area contributed by atoms with Gasteiger partial charge in [0.25, 0.3) is 0 Å². The van der Waals surface area contributed by atoms with E-state index in [1.54, 1.807) is 0 Å². The molecule has 2 nitrogen and oxygen atoms in total. The monoisotopic (exact) mass is 240 g/mol. The summed E-state index contributed by atoms with van der Waals surface area (Å²) in [6.07, 6.45) is 1.46. The molecule has 0 aliphatic rings. The summed E-state index contributed by atoms with van der Waals surface area (Å²) in [5.41, 5.74) is 0.700. The van der Waals surface area contributed by atoms with Crippen LogP contribution in [0.4, 0.5) is 0 Å². The molecule has 1 rings (SSSR count). The quantitative estimate of drug-likeness (QED) is 0.707. The van der Waals surface area contributed by atoms with Crippen molar-refractivity contribution in [3.63, 3.8) is 0 Å². The van der Waals surface area contributed by atoms with E-state index in [1.807, 2.05) is 0 Å². The Balaban J connectivity index is 3.07. The maximum atomic E-state index is 5.64. The first-order valence-corrected chi connectivity index (χ1v) is 4.34. The average molecular weight is 242 g/mol. The zero-order valence-electron chi connectivity index (χ0n) is 4.81. The molecule has 0 spiro atoms. The lowest BCUT2D eigenvalue weighted by Crippen LogP contribution is -1.89. The summed E-state index contributed by atoms with van der Waals surface area (Å²) in [5, 5.41) is 1.26. The number of alkyl halides is 1. The van der Waals surface area contributed by atoms with Gasteiger partial charge in [-0.3, -0.25) is 4.98 Å². The van der Waals surface area contributed by atoms with E-state index in [9.17, 15) is 0 Å². The SMILES string of the molecule is Clc1cnc(CBr)c(Cl)n1. The molecule has 0 aliphatic carbocycles. The zero-order chi connectivity index (χ0) is 7.56. The number of hydrogen-bond donors (Lipinski definition) is 0. The lowest BCUT2D eigenvalue weighted by Gasteiger charge is -1.95. The normalized spacial score (nSPS) is 9.90. The molecule has 1 aromatic heterocycles. The molecule has 1 aromatic rings. The molecule has 0 amide bonds. The number of rotatable bonds is 1. The van der Waals surface area contributed by atoms with E-state index in [4.69, 9.17) is 23.2 Å². The molecule has 0 saturated carbocycles. The van der Waals surface area contributed by atoms with Crippen LogP contribution in [-0.2, 0) is 5.33 Å². The summed E-state index contributed by atoms with van der Waals surface area (Å²) < 4.78 is 0. The number of nitrogens with zero attached hydrogens (tertiary/aromatic N) is 2. The van der Waals surface area contributed by atoms with Crippen LogP contribution in [0.25, 0.3) is 0 Å². The van der Waals surface area contributed by atoms with Gasteiger partial charge >= 0.3 is 0 Å². The van der Waals surface area contributed by atoms with Gasteiger partial charge in [0.15, 0.2) is 5.15 Å². The smallest absolute Gasteiger partial charge is 0.153 e. The highest BCUT2D eigenvalue weighted by molar-refractivity contribution is 9.08. The molecule has 0 radical (unpaired) electrons. The van der Waals surface area contributed by atoms with Gasteiger partial charge in [-0.15, -0.1) is 0 Å². The first-order valence-electron chi connectivity index (χ1n) is 2.47. The number of aromatic nitrogens is 2. The standard InChI is InChI=1S/C5H3BrCl2N2/c6-1-3-5(8)10-4(7)2-9-3/h2H,1H2. The van der Waals surface area contributed by atoms with E-state index in [2.05, 4.69) is 25.9 Å². The van der Waals surface area contributed by atoms with Gasteiger partial charge in [-0.05, 0) is 0 Å². The van der Waals surface area contributed by atoms with Crippen molar-refractivity contribution < 1.29 is 0 Å². The second-order valence-electron chi connectivity index (χ2n) is 1.56. The van der Waals surface area contributed by atoms with Crippen molar-refractivity contribution in [2.45, 2.75) is 5.33 Å². The van der Waals surface area contributed by atoms with Gasteiger partial charge in [-0.1, -0.05) is 39.1 Å². The topological polar surface area (TPSA) is 25.8 Å². The molecule has 1 heterocycles. The van der Waals surface area contributed by atoms with Crippen molar-refractivity contribution in [3.8, 4) is 0 Å². The van der Waals surface area contributed by atoms with Crippen molar-refractivity contribution in [2.75, 3.05) is 0 Å². The molecule has 0 unspecified atom stereocenters. The van der Waals surface area contributed by atoms with Crippen molar-refractivity contribution in [2.24, 2.45) is 0 Å². The maximum Gasteiger partial charge on any atom is 0.153 e. The second kappa shape index (κ2) is 3.51. The Morgan fingerprint density at radius 1 is 1.50 bits per heavy atom. The highest BCUT2D eigenvalue weighted by Crippen LogP contribution is 2.15. The molecule has 0 atom stereocenters. The van der Waals surface area contributed by atoms with Gasteiger partial charge in [0.1, 0.15) is 5.15 Å². The van der Waals surface area contributed by atoms with Crippen LogP contribution < -0.4 is 0 Å². The third-order valence-electron chi connectivity index (χ3n) is 0.897. The van der Waals surface area contributed by atoms with Crippen LogP contribution in [0.2, 0.25) is 10.3 Å². The minimum absolute atomic E-state index is 0.315. The largest absolute Gasteiger partial charge is 0.254 e. The summed E-state index contributed by atoms with van der Waals surface area (Å²) in [5.74, 6) is 0. The first kappa shape index (κ1) is 8.24. The fourth-order valence-corrected chi connectivity index (χ4v) is 1.42. The van der Waals surface area contributed by atoms with Crippen LogP contribution in [0.5, 0.6) is 0 Å². The Bertz CT molecular complexity index is 241. The fraction of sp³-hybridized carbons (Fsp3) is 0.200. The summed E-state index contributed by atoms with van der Waals surface area (Å²) in [4.78, 5) is 7.71. The highest BCUT2D eigenvalue weighted by atomic mass is 79.9. The molecule has 10 heavy (non-hydrogen) atoms. The molecular weight excluding hydrogens is 239 g/mol. The molecule has 5 heteroatoms. The maximum absolute atomic E-state index is 5.64. The highest BCUT2D eigenvalue weighted by Gasteiger charge is 2.00. The number of hydrogen-bond acceptors (Lipinski definition) is 2. The van der Waals surface area contributed by atoms with E-state index < -0.39 is 0 Å². The molecular formula is C5H3BrCl2N2. The van der Waals surface area contributed by atoms with Gasteiger partial charge in [0, 0.05) is 5.33 Å². The van der Waals surface area contributed by atoms with Crippen molar-refractivity contribution in [1.82, 2.24) is 9.97 Å². The lowest BCUT2D eigenvalue weighted by atomic mass is 10.5. The lowest BCUT2D eigenvalue weighted by molar-refractivity contribution is 1.11. The molecule has 0 fully saturated rings. The fourth-order valence-electron chi connectivity index (χ4n) is 0.461. The van der Waals surface area contributed by atoms with Crippen LogP contribution in [0.3, 0.4) is 0 Å².